The van der Waals surface area contributed by atoms with Crippen LogP contribution in [0.2, 0.25) is 0 Å². The molecule has 0 saturated carbocycles. The first-order valence-corrected chi connectivity index (χ1v) is 14.0. The van der Waals surface area contributed by atoms with Gasteiger partial charge in [0.2, 0.25) is 0 Å². The van der Waals surface area contributed by atoms with Crippen LogP contribution in [-0.4, -0.2) is 47.8 Å². The van der Waals surface area contributed by atoms with Crippen LogP contribution in [0.3, 0.4) is 0 Å². The summed E-state index contributed by atoms with van der Waals surface area (Å²) in [5, 5.41) is 0. The minimum absolute atomic E-state index is 0.0182. The molecule has 11 heteroatoms. The van der Waals surface area contributed by atoms with Gasteiger partial charge < -0.3 is 29.5 Å². The molecule has 0 aliphatic carbocycles. The molecule has 1 aromatic heterocycles. The lowest BCUT2D eigenvalue weighted by molar-refractivity contribution is -0.0438. The highest BCUT2D eigenvalue weighted by Crippen LogP contribution is 2.56. The Morgan fingerprint density at radius 3 is 1.78 bits per heavy atom. The number of nitrogens with two attached hydrogens (primary N) is 1. The molecule has 1 fully saturated rings. The quantitative estimate of drug-likeness (QED) is 0.168. The van der Waals surface area contributed by atoms with E-state index in [1.165, 1.54) is 5.93 Å². The molecule has 0 spiro atoms. The molecular weight excluding hydrogens is 545 g/mol. The van der Waals surface area contributed by atoms with Crippen molar-refractivity contribution >= 4 is 36.7 Å². The van der Waals surface area contributed by atoms with Gasteiger partial charge in [-0.25, -0.2) is 14.4 Å². The number of benzene rings is 3. The highest BCUT2D eigenvalue weighted by molar-refractivity contribution is 7.53. The molecular formula is C30H24N3O7P. The number of rotatable bonds is 8. The van der Waals surface area contributed by atoms with E-state index in [4.69, 9.17) is 31.3 Å². The van der Waals surface area contributed by atoms with Gasteiger partial charge in [-0.05, 0) is 43.9 Å². The Balaban J connectivity index is 1.49. The summed E-state index contributed by atoms with van der Waals surface area (Å²) in [4.78, 5) is 46.5. The zero-order valence-corrected chi connectivity index (χ0v) is 22.4. The van der Waals surface area contributed by atoms with Gasteiger partial charge in [0.15, 0.2) is 12.2 Å². The maximum Gasteiger partial charge on any atom is 0.338 e. The van der Waals surface area contributed by atoms with Crippen molar-refractivity contribution in [1.29, 1.82) is 0 Å². The normalized spacial score (nSPS) is 20.0. The molecule has 0 amide bonds. The second kappa shape index (κ2) is 12.5. The predicted octanol–water partition coefficient (Wildman–Crippen LogP) is 5.41. The molecule has 5 rings (SSSR count). The van der Waals surface area contributed by atoms with Gasteiger partial charge in [-0.3, -0.25) is 0 Å². The van der Waals surface area contributed by atoms with Crippen molar-refractivity contribution in [3.63, 3.8) is 0 Å². The number of nitrogen functional groups attached to an aromatic ring is 1. The molecule has 41 heavy (non-hydrogen) atoms. The topological polar surface area (TPSA) is 131 Å². The third-order valence-electron chi connectivity index (χ3n) is 6.37. The summed E-state index contributed by atoms with van der Waals surface area (Å²) in [6.07, 6.45) is -3.35. The van der Waals surface area contributed by atoms with Crippen LogP contribution in [0.15, 0.2) is 96.9 Å². The molecule has 5 unspecified atom stereocenters. The summed E-state index contributed by atoms with van der Waals surface area (Å²) in [6.45, 7) is 7.05. The average Bonchev–Trinajstić information content (AvgIpc) is 3.55. The molecule has 2 heterocycles. The number of nitrogens with zero attached hydrogens (tertiary/aromatic N) is 2. The SMILES string of the molecule is [C-]#[N+]c1ncp(C2OC(COC(=O)c3ccccc3)C(OC(=O)c3ccccc3)C2OC(=O)c2ccccc2)c1N. The summed E-state index contributed by atoms with van der Waals surface area (Å²) in [5.74, 6) is -1.38. The minimum atomic E-state index is -1.57. The predicted molar refractivity (Wildman–Crippen MR) is 150 cm³/mol. The van der Waals surface area contributed by atoms with Gasteiger partial charge in [-0.15, -0.1) is 4.98 Å². The van der Waals surface area contributed by atoms with Crippen LogP contribution in [0.5, 0.6) is 0 Å². The molecule has 4 aromatic rings. The van der Waals surface area contributed by atoms with E-state index in [2.05, 4.69) is 9.83 Å². The first kappa shape index (κ1) is 27.6. The van der Waals surface area contributed by atoms with Gasteiger partial charge in [0, 0.05) is 0 Å². The number of aromatic nitrogens is 1. The Kier molecular flexibility index (Phi) is 8.39. The third-order valence-corrected chi connectivity index (χ3v) is 8.46. The number of ether oxygens (including phenoxy) is 4. The number of hydrogen-bond acceptors (Lipinski definition) is 9. The van der Waals surface area contributed by atoms with Gasteiger partial charge in [0.05, 0.1) is 22.1 Å². The second-order valence-electron chi connectivity index (χ2n) is 8.97. The Bertz CT molecular complexity index is 1570. The van der Waals surface area contributed by atoms with Gasteiger partial charge in [0.25, 0.3) is 5.82 Å². The fraction of sp³-hybridized carbons (Fsp3) is 0.167. The van der Waals surface area contributed by atoms with Crippen molar-refractivity contribution in [3.8, 4) is 0 Å². The molecule has 0 radical (unpaired) electrons. The van der Waals surface area contributed by atoms with Crippen LogP contribution in [0.25, 0.3) is 4.85 Å². The summed E-state index contributed by atoms with van der Waals surface area (Å²) in [7, 11) is -1.57. The summed E-state index contributed by atoms with van der Waals surface area (Å²) >= 11 is 0. The Morgan fingerprint density at radius 2 is 1.29 bits per heavy atom. The maximum absolute atomic E-state index is 13.2. The smallest absolute Gasteiger partial charge is 0.338 e. The van der Waals surface area contributed by atoms with E-state index >= 15 is 0 Å². The van der Waals surface area contributed by atoms with Crippen LogP contribution in [-0.2, 0) is 18.9 Å². The fourth-order valence-corrected chi connectivity index (χ4v) is 6.27. The van der Waals surface area contributed by atoms with Crippen LogP contribution >= 0.6 is 7.53 Å². The van der Waals surface area contributed by atoms with Gasteiger partial charge in [0.1, 0.15) is 24.5 Å². The number of hydrogen-bond donors (Lipinski definition) is 1. The van der Waals surface area contributed by atoms with Crippen LogP contribution in [0, 0.1) is 6.57 Å². The van der Waals surface area contributed by atoms with Crippen molar-refractivity contribution in [2.75, 3.05) is 12.3 Å². The molecule has 1 aliphatic rings. The first-order chi connectivity index (χ1) is 20.0. The Hall–Kier alpha value is -4.97. The van der Waals surface area contributed by atoms with Gasteiger partial charge in [-0.2, -0.15) is 0 Å². The highest BCUT2D eigenvalue weighted by Gasteiger charge is 2.52. The molecule has 5 atom stereocenters. The number of carbonyl (C=O) groups is 3. The lowest BCUT2D eigenvalue weighted by atomic mass is 10.1. The van der Waals surface area contributed by atoms with E-state index in [1.54, 1.807) is 91.0 Å². The highest BCUT2D eigenvalue weighted by atomic mass is 31.1. The van der Waals surface area contributed by atoms with E-state index in [1.807, 2.05) is 0 Å². The largest absolute Gasteiger partial charge is 0.459 e. The Labute approximate surface area is 236 Å². The van der Waals surface area contributed by atoms with Crippen LogP contribution in [0.4, 0.5) is 11.2 Å². The van der Waals surface area contributed by atoms with Crippen LogP contribution < -0.4 is 5.73 Å². The van der Waals surface area contributed by atoms with E-state index < -0.39 is 49.6 Å². The fourth-order valence-electron chi connectivity index (χ4n) is 4.33. The molecule has 206 valence electrons. The molecule has 3 aromatic carbocycles. The molecule has 1 saturated heterocycles. The maximum atomic E-state index is 13.2. The Morgan fingerprint density at radius 1 is 0.805 bits per heavy atom. The van der Waals surface area contributed by atoms with E-state index in [9.17, 15) is 14.4 Å². The van der Waals surface area contributed by atoms with E-state index in [0.29, 0.717) is 5.56 Å². The van der Waals surface area contributed by atoms with E-state index in [-0.39, 0.29) is 29.0 Å². The second-order valence-corrected chi connectivity index (χ2v) is 11.0. The lowest BCUT2D eigenvalue weighted by Gasteiger charge is -2.24. The molecule has 10 nitrogen and oxygen atoms in total. The molecule has 2 N–H and O–H groups in total. The number of esters is 3. The van der Waals surface area contributed by atoms with Crippen molar-refractivity contribution in [2.24, 2.45) is 0 Å². The number of anilines is 1. The van der Waals surface area contributed by atoms with Crippen molar-refractivity contribution in [1.82, 2.24) is 4.98 Å². The molecule has 0 bridgehead atoms. The van der Waals surface area contributed by atoms with E-state index in [0.717, 1.165) is 0 Å². The standard InChI is InChI=1S/C30H24N3O7P/c1-32-26-25(31)41(18-33-26)30-24(40-29(36)21-15-9-4-10-16-21)23(39-28(35)20-13-7-3-8-14-20)22(38-30)17-37-27(34)19-11-5-2-6-12-19/h2-16,18,22-24,30H,17,31H2. The van der Waals surface area contributed by atoms with Gasteiger partial charge >= 0.3 is 17.9 Å². The monoisotopic (exact) mass is 569 g/mol. The summed E-state index contributed by atoms with van der Waals surface area (Å²) < 4.78 is 23.6. The lowest BCUT2D eigenvalue weighted by Crippen LogP contribution is -2.40. The zero-order valence-electron chi connectivity index (χ0n) is 21.5. The average molecular weight is 570 g/mol. The zero-order chi connectivity index (χ0) is 28.8. The van der Waals surface area contributed by atoms with Crippen molar-refractivity contribution in [2.45, 2.75) is 24.2 Å². The van der Waals surface area contributed by atoms with Crippen molar-refractivity contribution < 1.29 is 33.3 Å². The third kappa shape index (κ3) is 6.12. The van der Waals surface area contributed by atoms with Crippen molar-refractivity contribution in [3.05, 3.63) is 125 Å². The number of carbonyl (C=O) groups excluding carboxylic acids is 3. The minimum Gasteiger partial charge on any atom is -0.459 e. The summed E-state index contributed by atoms with van der Waals surface area (Å²) in [6, 6.07) is 25.0. The van der Waals surface area contributed by atoms with Gasteiger partial charge in [-0.1, -0.05) is 61.2 Å². The molecule has 1 aliphatic heterocycles. The summed E-state index contributed by atoms with van der Waals surface area (Å²) in [5.41, 5.74) is 7.32. The first-order valence-electron chi connectivity index (χ1n) is 12.6. The van der Waals surface area contributed by atoms with Crippen LogP contribution in [0.1, 0.15) is 36.9 Å².